The summed E-state index contributed by atoms with van der Waals surface area (Å²) in [5.41, 5.74) is 0.818. The minimum atomic E-state index is -2.95. The quantitative estimate of drug-likeness (QED) is 0.478. The summed E-state index contributed by atoms with van der Waals surface area (Å²) in [6, 6.07) is 29.8. The van der Waals surface area contributed by atoms with E-state index in [9.17, 15) is 5.11 Å². The molecule has 0 radical (unpaired) electrons. The summed E-state index contributed by atoms with van der Waals surface area (Å²) in [5, 5.41) is 12.1. The molecule has 0 spiro atoms. The van der Waals surface area contributed by atoms with Crippen molar-refractivity contribution >= 4 is 18.4 Å². The highest BCUT2D eigenvalue weighted by molar-refractivity contribution is 7.10. The van der Waals surface area contributed by atoms with Crippen LogP contribution in [0.2, 0.25) is 5.04 Å². The Morgan fingerprint density at radius 2 is 1.23 bits per heavy atom. The maximum Gasteiger partial charge on any atom is 0.167 e. The third-order valence-electron chi connectivity index (χ3n) is 5.43. The van der Waals surface area contributed by atoms with Gasteiger partial charge in [-0.3, -0.25) is 0 Å². The number of aliphatic hydroxyl groups excluding tert-OH is 1. The van der Waals surface area contributed by atoms with Crippen LogP contribution in [0.1, 0.15) is 26.3 Å². The van der Waals surface area contributed by atoms with Crippen molar-refractivity contribution in [2.45, 2.75) is 25.8 Å². The largest absolute Gasteiger partial charge is 0.389 e. The Bertz CT molecular complexity index is 1020. The molecule has 0 heterocycles. The Kier molecular flexibility index (Phi) is 6.72. The minimum Gasteiger partial charge on any atom is -0.389 e. The predicted octanol–water partition coefficient (Wildman–Crippen LogP) is 4.86. The van der Waals surface area contributed by atoms with Crippen LogP contribution in [0.5, 0.6) is 0 Å². The Morgan fingerprint density at radius 1 is 0.800 bits per heavy atom. The van der Waals surface area contributed by atoms with E-state index in [2.05, 4.69) is 56.9 Å². The number of hydrogen-bond donors (Lipinski definition) is 1. The average Bonchev–Trinajstić information content (AvgIpc) is 2.77. The molecule has 0 unspecified atom stereocenters. The van der Waals surface area contributed by atoms with E-state index >= 15 is 4.39 Å². The van der Waals surface area contributed by atoms with Crippen molar-refractivity contribution in [2.75, 3.05) is 6.61 Å². The maximum absolute atomic E-state index is 15.5. The second-order valence-corrected chi connectivity index (χ2v) is 12.9. The number of benzene rings is 3. The standard InChI is InChI=1S/C27H27FOSi/c1-27(2,3)30(23-15-9-5-10-16-23,24-17-11-6-12-18-24)26(25(28)21-29)20-19-22-13-7-4-8-14-22/h4-18,29H,21H2,1-3H3/b26-25-. The van der Waals surface area contributed by atoms with E-state index in [0.717, 1.165) is 15.9 Å². The van der Waals surface area contributed by atoms with Crippen molar-refractivity contribution in [1.29, 1.82) is 0 Å². The molecule has 0 aliphatic rings. The van der Waals surface area contributed by atoms with Gasteiger partial charge in [-0.2, -0.15) is 0 Å². The Hall–Kier alpha value is -2.93. The first-order valence-corrected chi connectivity index (χ1v) is 12.1. The van der Waals surface area contributed by atoms with Crippen molar-refractivity contribution in [2.24, 2.45) is 0 Å². The summed E-state index contributed by atoms with van der Waals surface area (Å²) in [7, 11) is -2.95. The van der Waals surface area contributed by atoms with Crippen LogP contribution in [0.15, 0.2) is 102 Å². The van der Waals surface area contributed by atoms with Gasteiger partial charge in [-0.1, -0.05) is 111 Å². The highest BCUT2D eigenvalue weighted by Gasteiger charge is 2.51. The third-order valence-corrected chi connectivity index (χ3v) is 11.2. The van der Waals surface area contributed by atoms with E-state index in [1.54, 1.807) is 0 Å². The monoisotopic (exact) mass is 414 g/mol. The lowest BCUT2D eigenvalue weighted by atomic mass is 10.2. The van der Waals surface area contributed by atoms with Gasteiger partial charge in [0.1, 0.15) is 5.83 Å². The van der Waals surface area contributed by atoms with E-state index in [1.807, 2.05) is 66.7 Å². The lowest BCUT2D eigenvalue weighted by molar-refractivity contribution is 0.297. The molecular formula is C27H27FOSi. The lowest BCUT2D eigenvalue weighted by Crippen LogP contribution is -2.66. The van der Waals surface area contributed by atoms with Gasteiger partial charge in [-0.15, -0.1) is 0 Å². The summed E-state index contributed by atoms with van der Waals surface area (Å²) < 4.78 is 15.5. The molecule has 0 bridgehead atoms. The van der Waals surface area contributed by atoms with Crippen LogP contribution in [0.3, 0.4) is 0 Å². The number of allylic oxidation sites excluding steroid dienone is 1. The molecule has 3 aromatic rings. The summed E-state index contributed by atoms with van der Waals surface area (Å²) in [6.07, 6.45) is 0. The lowest BCUT2D eigenvalue weighted by Gasteiger charge is -2.44. The Morgan fingerprint density at radius 3 is 1.63 bits per heavy atom. The van der Waals surface area contributed by atoms with Gasteiger partial charge in [0, 0.05) is 10.8 Å². The second kappa shape index (κ2) is 9.26. The van der Waals surface area contributed by atoms with Gasteiger partial charge in [0.25, 0.3) is 0 Å². The fourth-order valence-electron chi connectivity index (χ4n) is 4.17. The Balaban J connectivity index is 2.41. The number of hydrogen-bond acceptors (Lipinski definition) is 1. The molecule has 1 nitrogen and oxygen atoms in total. The van der Waals surface area contributed by atoms with Crippen molar-refractivity contribution in [1.82, 2.24) is 0 Å². The van der Waals surface area contributed by atoms with E-state index in [0.29, 0.717) is 5.20 Å². The molecule has 3 aromatic carbocycles. The fraction of sp³-hybridized carbons (Fsp3) is 0.185. The van der Waals surface area contributed by atoms with Crippen LogP contribution in [-0.4, -0.2) is 19.8 Å². The van der Waals surface area contributed by atoms with Crippen LogP contribution in [0.4, 0.5) is 4.39 Å². The zero-order valence-corrected chi connectivity index (χ0v) is 18.7. The van der Waals surface area contributed by atoms with Gasteiger partial charge in [0.15, 0.2) is 8.07 Å². The minimum absolute atomic E-state index is 0.303. The molecular weight excluding hydrogens is 387 g/mol. The first-order valence-electron chi connectivity index (χ1n) is 10.1. The van der Waals surface area contributed by atoms with E-state index in [-0.39, 0.29) is 5.04 Å². The first kappa shape index (κ1) is 21.8. The molecule has 3 heteroatoms. The Labute approximate surface area is 179 Å². The maximum atomic E-state index is 15.5. The molecule has 0 atom stereocenters. The van der Waals surface area contributed by atoms with Crippen molar-refractivity contribution in [3.63, 3.8) is 0 Å². The van der Waals surface area contributed by atoms with Crippen molar-refractivity contribution in [3.8, 4) is 11.8 Å². The smallest absolute Gasteiger partial charge is 0.167 e. The molecule has 0 fully saturated rings. The molecule has 3 rings (SSSR count). The van der Waals surface area contributed by atoms with Crippen LogP contribution in [0, 0.1) is 11.8 Å². The van der Waals surface area contributed by atoms with E-state index in [4.69, 9.17) is 0 Å². The number of halogens is 1. The first-order chi connectivity index (χ1) is 14.4. The topological polar surface area (TPSA) is 20.2 Å². The fourth-order valence-corrected chi connectivity index (χ4v) is 9.69. The predicted molar refractivity (Wildman–Crippen MR) is 126 cm³/mol. The van der Waals surface area contributed by atoms with Crippen molar-refractivity contribution in [3.05, 3.63) is 108 Å². The van der Waals surface area contributed by atoms with E-state index < -0.39 is 20.5 Å². The van der Waals surface area contributed by atoms with Gasteiger partial charge in [-0.05, 0) is 27.5 Å². The SMILES string of the molecule is CC(C)(C)[Si](/C(C#Cc1ccccc1)=C(\F)CO)(c1ccccc1)c1ccccc1. The zero-order valence-electron chi connectivity index (χ0n) is 17.7. The molecule has 0 saturated carbocycles. The molecule has 0 amide bonds. The van der Waals surface area contributed by atoms with Crippen molar-refractivity contribution < 1.29 is 9.50 Å². The van der Waals surface area contributed by atoms with Crippen LogP contribution >= 0.6 is 0 Å². The zero-order chi connectivity index (χ0) is 21.6. The van der Waals surface area contributed by atoms with Crippen LogP contribution in [0.25, 0.3) is 0 Å². The molecule has 30 heavy (non-hydrogen) atoms. The van der Waals surface area contributed by atoms with Gasteiger partial charge in [-0.25, -0.2) is 4.39 Å². The van der Waals surface area contributed by atoms with Crippen LogP contribution < -0.4 is 10.4 Å². The molecule has 0 aromatic heterocycles. The highest BCUT2D eigenvalue weighted by Crippen LogP contribution is 2.41. The second-order valence-electron chi connectivity index (χ2n) is 8.29. The summed E-state index contributed by atoms with van der Waals surface area (Å²) in [4.78, 5) is 0. The van der Waals surface area contributed by atoms with E-state index in [1.165, 1.54) is 0 Å². The van der Waals surface area contributed by atoms with Gasteiger partial charge < -0.3 is 5.11 Å². The molecule has 0 aliphatic heterocycles. The average molecular weight is 415 g/mol. The molecule has 1 N–H and O–H groups in total. The number of aliphatic hydroxyl groups is 1. The summed E-state index contributed by atoms with van der Waals surface area (Å²) in [6.45, 7) is 5.78. The third kappa shape index (κ3) is 4.16. The molecule has 152 valence electrons. The molecule has 0 saturated heterocycles. The normalized spacial score (nSPS) is 12.6. The highest BCUT2D eigenvalue weighted by atomic mass is 28.3. The summed E-state index contributed by atoms with van der Waals surface area (Å²) in [5.74, 6) is 5.79. The van der Waals surface area contributed by atoms with Gasteiger partial charge in [0.05, 0.1) is 6.61 Å². The van der Waals surface area contributed by atoms with Crippen LogP contribution in [-0.2, 0) is 0 Å². The molecule has 0 aliphatic carbocycles. The number of rotatable bonds is 4. The van der Waals surface area contributed by atoms with Gasteiger partial charge >= 0.3 is 0 Å². The summed E-state index contributed by atoms with van der Waals surface area (Å²) >= 11 is 0. The van der Waals surface area contributed by atoms with Gasteiger partial charge in [0.2, 0.25) is 0 Å².